The second-order valence-corrected chi connectivity index (χ2v) is 6.84. The molecule has 10 heteroatoms. The molecule has 0 aromatic heterocycles. The zero-order chi connectivity index (χ0) is 17.9. The number of carbonyl (C=O) groups is 3. The van der Waals surface area contributed by atoms with Crippen molar-refractivity contribution in [2.75, 3.05) is 0 Å². The molecule has 0 aliphatic carbocycles. The van der Waals surface area contributed by atoms with Gasteiger partial charge in [-0.15, -0.1) is 0 Å². The molecule has 128 valence electrons. The summed E-state index contributed by atoms with van der Waals surface area (Å²) >= 11 is 0. The van der Waals surface area contributed by atoms with Crippen molar-refractivity contribution in [3.05, 3.63) is 0 Å². The molecule has 22 heavy (non-hydrogen) atoms. The lowest BCUT2D eigenvalue weighted by Crippen LogP contribution is -2.62. The Kier molecular flexibility index (Phi) is 6.32. The highest BCUT2D eigenvalue weighted by atomic mass is 31.2. The van der Waals surface area contributed by atoms with E-state index in [0.717, 1.165) is 6.92 Å². The Morgan fingerprint density at radius 1 is 0.955 bits per heavy atom. The van der Waals surface area contributed by atoms with Crippen LogP contribution in [0.4, 0.5) is 0 Å². The number of rotatable bonds is 9. The maximum absolute atomic E-state index is 11.9. The summed E-state index contributed by atoms with van der Waals surface area (Å²) in [7, 11) is -5.51. The lowest BCUT2D eigenvalue weighted by Gasteiger charge is -2.46. The first-order valence-corrected chi connectivity index (χ1v) is 8.27. The van der Waals surface area contributed by atoms with Crippen molar-refractivity contribution in [1.82, 2.24) is 0 Å². The summed E-state index contributed by atoms with van der Waals surface area (Å²) in [6.07, 6.45) is -1.57. The average Bonchev–Trinajstić information content (AvgIpc) is 2.35. The van der Waals surface area contributed by atoms with Crippen molar-refractivity contribution in [2.24, 2.45) is 11.3 Å². The van der Waals surface area contributed by atoms with Gasteiger partial charge in [0.15, 0.2) is 5.16 Å². The Morgan fingerprint density at radius 2 is 1.41 bits per heavy atom. The van der Waals surface area contributed by atoms with Crippen LogP contribution in [0.3, 0.4) is 0 Å². The van der Waals surface area contributed by atoms with Gasteiger partial charge in [-0.25, -0.2) is 0 Å². The first-order chi connectivity index (χ1) is 9.90. The fourth-order valence-corrected chi connectivity index (χ4v) is 4.88. The number of carboxylic acid groups (broad SMARTS) is 3. The molecule has 0 amide bonds. The van der Waals surface area contributed by atoms with Crippen molar-refractivity contribution in [1.29, 1.82) is 0 Å². The molecule has 3 unspecified atom stereocenters. The Morgan fingerprint density at radius 3 is 1.55 bits per heavy atom. The van der Waals surface area contributed by atoms with Crippen LogP contribution < -0.4 is 0 Å². The first kappa shape index (κ1) is 20.6. The molecule has 0 fully saturated rings. The lowest BCUT2D eigenvalue weighted by molar-refractivity contribution is -0.173. The Labute approximate surface area is 127 Å². The van der Waals surface area contributed by atoms with Crippen molar-refractivity contribution in [2.45, 2.75) is 45.2 Å². The molecule has 0 bridgehead atoms. The van der Waals surface area contributed by atoms with Crippen LogP contribution in [-0.2, 0) is 18.9 Å². The third-order valence-corrected chi connectivity index (χ3v) is 6.24. The summed E-state index contributed by atoms with van der Waals surface area (Å²) < 4.78 is 11.9. The standard InChI is InChI=1S/C12H21O9P/c1-4-7(8(13)14)11(5-2,9(15)16)12(6-3,10(17)18)22(19,20)21/h7H,4-6H2,1-3H3,(H,13,14)(H,15,16)(H,17,18)(H2,19,20,21). The first-order valence-electron chi connectivity index (χ1n) is 6.65. The molecule has 0 heterocycles. The highest BCUT2D eigenvalue weighted by Crippen LogP contribution is 2.65. The summed E-state index contributed by atoms with van der Waals surface area (Å²) in [5, 5.41) is 25.3. The molecule has 0 radical (unpaired) electrons. The molecular weight excluding hydrogens is 319 g/mol. The summed E-state index contributed by atoms with van der Waals surface area (Å²) in [5.41, 5.74) is -2.65. The van der Waals surface area contributed by atoms with E-state index in [1.54, 1.807) is 0 Å². The SMILES string of the molecule is CCC(C(=O)O)C(CC)(C(=O)O)C(CC)(C(=O)O)P(=O)(O)O. The highest BCUT2D eigenvalue weighted by molar-refractivity contribution is 7.55. The van der Waals surface area contributed by atoms with E-state index in [2.05, 4.69) is 0 Å². The normalized spacial score (nSPS) is 18.8. The van der Waals surface area contributed by atoms with Crippen LogP contribution in [0, 0.1) is 11.3 Å². The molecule has 0 saturated heterocycles. The van der Waals surface area contributed by atoms with Crippen molar-refractivity contribution >= 4 is 25.5 Å². The summed E-state index contributed by atoms with van der Waals surface area (Å²) in [4.78, 5) is 54.2. The van der Waals surface area contributed by atoms with E-state index in [0.29, 0.717) is 0 Å². The van der Waals surface area contributed by atoms with E-state index < -0.39 is 54.8 Å². The maximum atomic E-state index is 11.9. The molecule has 0 rings (SSSR count). The van der Waals surface area contributed by atoms with Gasteiger partial charge in [-0.3, -0.25) is 18.9 Å². The van der Waals surface area contributed by atoms with Gasteiger partial charge in [0, 0.05) is 0 Å². The lowest BCUT2D eigenvalue weighted by atomic mass is 9.62. The highest BCUT2D eigenvalue weighted by Gasteiger charge is 2.72. The Hall–Kier alpha value is -1.44. The second-order valence-electron chi connectivity index (χ2n) is 4.99. The van der Waals surface area contributed by atoms with Crippen molar-refractivity contribution in [3.63, 3.8) is 0 Å². The predicted molar refractivity (Wildman–Crippen MR) is 74.5 cm³/mol. The van der Waals surface area contributed by atoms with Gasteiger partial charge in [0.25, 0.3) is 0 Å². The molecule has 0 saturated carbocycles. The fraction of sp³-hybridized carbons (Fsp3) is 0.750. The number of hydrogen-bond donors (Lipinski definition) is 5. The van der Waals surface area contributed by atoms with Crippen molar-refractivity contribution < 1.29 is 44.1 Å². The van der Waals surface area contributed by atoms with Crippen LogP contribution in [0.2, 0.25) is 0 Å². The minimum Gasteiger partial charge on any atom is -0.481 e. The van der Waals surface area contributed by atoms with Gasteiger partial charge in [-0.1, -0.05) is 20.8 Å². The van der Waals surface area contributed by atoms with Crippen molar-refractivity contribution in [3.8, 4) is 0 Å². The molecule has 9 nitrogen and oxygen atoms in total. The van der Waals surface area contributed by atoms with Gasteiger partial charge in [0.2, 0.25) is 0 Å². The van der Waals surface area contributed by atoms with Crippen LogP contribution in [0.25, 0.3) is 0 Å². The Balaban J connectivity index is 7.00. The molecule has 0 spiro atoms. The number of aliphatic carboxylic acids is 3. The van der Waals surface area contributed by atoms with Gasteiger partial charge in [0.1, 0.15) is 5.41 Å². The van der Waals surface area contributed by atoms with Gasteiger partial charge in [0.05, 0.1) is 5.92 Å². The fourth-order valence-electron chi connectivity index (χ4n) is 3.29. The van der Waals surface area contributed by atoms with E-state index >= 15 is 0 Å². The third-order valence-electron chi connectivity index (χ3n) is 4.34. The molecule has 0 aliphatic heterocycles. The number of hydrogen-bond acceptors (Lipinski definition) is 4. The zero-order valence-electron chi connectivity index (χ0n) is 12.5. The second kappa shape index (κ2) is 6.76. The van der Waals surface area contributed by atoms with Crippen LogP contribution in [0.1, 0.15) is 40.0 Å². The molecule has 0 aliphatic rings. The van der Waals surface area contributed by atoms with Crippen LogP contribution in [-0.4, -0.2) is 48.2 Å². The van der Waals surface area contributed by atoms with Crippen LogP contribution in [0.5, 0.6) is 0 Å². The minimum atomic E-state index is -5.51. The zero-order valence-corrected chi connectivity index (χ0v) is 13.4. The quantitative estimate of drug-likeness (QED) is 0.384. The third kappa shape index (κ3) is 2.64. The van der Waals surface area contributed by atoms with Gasteiger partial charge in [-0.05, 0) is 19.3 Å². The van der Waals surface area contributed by atoms with Gasteiger partial charge >= 0.3 is 25.5 Å². The van der Waals surface area contributed by atoms with E-state index in [4.69, 9.17) is 0 Å². The largest absolute Gasteiger partial charge is 0.481 e. The van der Waals surface area contributed by atoms with E-state index in [9.17, 15) is 44.1 Å². The molecule has 0 aromatic rings. The Bertz CT molecular complexity index is 511. The van der Waals surface area contributed by atoms with E-state index in [1.165, 1.54) is 13.8 Å². The predicted octanol–water partition coefficient (Wildman–Crippen LogP) is 0.989. The summed E-state index contributed by atoms with van der Waals surface area (Å²) in [6.45, 7) is 3.66. The minimum absolute atomic E-state index is 0.287. The average molecular weight is 340 g/mol. The van der Waals surface area contributed by atoms with Gasteiger partial charge in [-0.2, -0.15) is 0 Å². The molecule has 5 N–H and O–H groups in total. The smallest absolute Gasteiger partial charge is 0.344 e. The monoisotopic (exact) mass is 340 g/mol. The topological polar surface area (TPSA) is 169 Å². The van der Waals surface area contributed by atoms with Crippen LogP contribution in [0.15, 0.2) is 0 Å². The van der Waals surface area contributed by atoms with E-state index in [1.807, 2.05) is 0 Å². The van der Waals surface area contributed by atoms with Gasteiger partial charge < -0.3 is 25.1 Å². The van der Waals surface area contributed by atoms with E-state index in [-0.39, 0.29) is 6.42 Å². The summed E-state index contributed by atoms with van der Waals surface area (Å²) in [6, 6.07) is 0. The molecule has 3 atom stereocenters. The summed E-state index contributed by atoms with van der Waals surface area (Å²) in [5.74, 6) is -7.25. The molecule has 0 aromatic carbocycles. The number of carboxylic acids is 3. The maximum Gasteiger partial charge on any atom is 0.344 e. The van der Waals surface area contributed by atoms with Crippen LogP contribution >= 0.6 is 7.60 Å². The molecular formula is C12H21O9P.